The molecule has 1 aromatic rings. The lowest BCUT2D eigenvalue weighted by Crippen LogP contribution is -2.36. The maximum Gasteiger partial charge on any atom is 0.204 e. The zero-order valence-electron chi connectivity index (χ0n) is 16.1. The maximum absolute atomic E-state index is 14.1. The van der Waals surface area contributed by atoms with Gasteiger partial charge in [-0.05, 0) is 75.3 Å². The van der Waals surface area contributed by atoms with Gasteiger partial charge in [0.1, 0.15) is 0 Å². The summed E-state index contributed by atoms with van der Waals surface area (Å²) in [5.41, 5.74) is 5.67. The lowest BCUT2D eigenvalue weighted by Gasteiger charge is -2.37. The van der Waals surface area contributed by atoms with E-state index in [2.05, 4.69) is 0 Å². The van der Waals surface area contributed by atoms with Crippen molar-refractivity contribution in [3.8, 4) is 11.5 Å². The molecule has 0 spiro atoms. The fourth-order valence-corrected chi connectivity index (χ4v) is 4.31. The van der Waals surface area contributed by atoms with Crippen molar-refractivity contribution in [3.63, 3.8) is 0 Å². The number of nitrogens with two attached hydrogens (primary N) is 1. The summed E-state index contributed by atoms with van der Waals surface area (Å²) in [6.45, 7) is 3.88. The fourth-order valence-electron chi connectivity index (χ4n) is 4.31. The monoisotopic (exact) mass is 383 g/mol. The molecule has 1 saturated carbocycles. The molecule has 6 heteroatoms. The van der Waals surface area contributed by atoms with Crippen molar-refractivity contribution >= 4 is 0 Å². The predicted octanol–water partition coefficient (Wildman–Crippen LogP) is 4.30. The van der Waals surface area contributed by atoms with Crippen LogP contribution < -0.4 is 15.2 Å². The van der Waals surface area contributed by atoms with E-state index in [0.29, 0.717) is 37.5 Å². The average Bonchev–Trinajstić information content (AvgIpc) is 2.71. The van der Waals surface area contributed by atoms with Crippen molar-refractivity contribution in [2.75, 3.05) is 26.4 Å². The Morgan fingerprint density at radius 2 is 1.59 bits per heavy atom. The van der Waals surface area contributed by atoms with Gasteiger partial charge in [-0.25, -0.2) is 0 Å². The fraction of sp³-hybridized carbons (Fsp3) is 0.714. The van der Waals surface area contributed by atoms with Gasteiger partial charge in [0.05, 0.1) is 25.9 Å². The van der Waals surface area contributed by atoms with Gasteiger partial charge < -0.3 is 19.9 Å². The summed E-state index contributed by atoms with van der Waals surface area (Å²) >= 11 is 0. The number of hydrogen-bond acceptors (Lipinski definition) is 4. The van der Waals surface area contributed by atoms with Crippen LogP contribution in [-0.4, -0.2) is 32.5 Å². The van der Waals surface area contributed by atoms with Gasteiger partial charge in [0.25, 0.3) is 0 Å². The van der Waals surface area contributed by atoms with Gasteiger partial charge in [0.15, 0.2) is 11.5 Å². The molecule has 1 aliphatic carbocycles. The highest BCUT2D eigenvalue weighted by Gasteiger charge is 2.31. The summed E-state index contributed by atoms with van der Waals surface area (Å²) in [5, 5.41) is 0. The Morgan fingerprint density at radius 1 is 0.963 bits per heavy atom. The van der Waals surface area contributed by atoms with Crippen molar-refractivity contribution < 1.29 is 23.0 Å². The molecular weight excluding hydrogens is 352 g/mol. The van der Waals surface area contributed by atoms with Crippen LogP contribution >= 0.6 is 0 Å². The number of rotatable bonds is 7. The van der Waals surface area contributed by atoms with Gasteiger partial charge in [0.2, 0.25) is 11.6 Å². The first kappa shape index (κ1) is 20.3. The molecule has 27 heavy (non-hydrogen) atoms. The molecular formula is C21H31F2NO3. The minimum absolute atomic E-state index is 0.0356. The third-order valence-corrected chi connectivity index (χ3v) is 6.01. The van der Waals surface area contributed by atoms with Gasteiger partial charge >= 0.3 is 0 Å². The molecule has 0 radical (unpaired) electrons. The zero-order chi connectivity index (χ0) is 19.2. The highest BCUT2D eigenvalue weighted by atomic mass is 19.2. The van der Waals surface area contributed by atoms with Gasteiger partial charge in [-0.15, -0.1) is 0 Å². The summed E-state index contributed by atoms with van der Waals surface area (Å²) in [5.74, 6) is -0.348. The van der Waals surface area contributed by atoms with Gasteiger partial charge in [-0.1, -0.05) is 0 Å². The summed E-state index contributed by atoms with van der Waals surface area (Å²) < 4.78 is 44.5. The Morgan fingerprint density at radius 3 is 2.15 bits per heavy atom. The van der Waals surface area contributed by atoms with Crippen LogP contribution in [0.25, 0.3) is 0 Å². The van der Waals surface area contributed by atoms with E-state index in [-0.39, 0.29) is 17.6 Å². The van der Waals surface area contributed by atoms with Crippen molar-refractivity contribution in [1.29, 1.82) is 0 Å². The summed E-state index contributed by atoms with van der Waals surface area (Å²) in [6.07, 6.45) is 6.91. The Hall–Kier alpha value is -1.40. The first-order valence-corrected chi connectivity index (χ1v) is 10.2. The van der Waals surface area contributed by atoms with E-state index in [1.807, 2.05) is 0 Å². The van der Waals surface area contributed by atoms with Crippen molar-refractivity contribution in [3.05, 3.63) is 23.8 Å². The maximum atomic E-state index is 14.1. The Bertz CT molecular complexity index is 597. The lowest BCUT2D eigenvalue weighted by atomic mass is 9.74. The second-order valence-electron chi connectivity index (χ2n) is 7.74. The average molecular weight is 383 g/mol. The molecule has 0 aromatic heterocycles. The molecule has 1 aliphatic heterocycles. The predicted molar refractivity (Wildman–Crippen MR) is 100.0 cm³/mol. The van der Waals surface area contributed by atoms with Crippen molar-refractivity contribution in [1.82, 2.24) is 0 Å². The zero-order valence-corrected chi connectivity index (χ0v) is 16.1. The number of benzene rings is 1. The van der Waals surface area contributed by atoms with E-state index in [1.54, 1.807) is 6.92 Å². The number of ether oxygens (including phenoxy) is 3. The molecule has 2 unspecified atom stereocenters. The normalized spacial score (nSPS) is 28.7. The van der Waals surface area contributed by atoms with Crippen LogP contribution in [0.3, 0.4) is 0 Å². The van der Waals surface area contributed by atoms with Gasteiger partial charge in [0, 0.05) is 6.54 Å². The Kier molecular flexibility index (Phi) is 7.30. The molecule has 0 bridgehead atoms. The molecule has 2 fully saturated rings. The van der Waals surface area contributed by atoms with Crippen LogP contribution in [0, 0.1) is 29.4 Å². The van der Waals surface area contributed by atoms with E-state index in [9.17, 15) is 8.78 Å². The molecule has 0 amide bonds. The number of halogens is 2. The van der Waals surface area contributed by atoms with Crippen LogP contribution in [0.1, 0.15) is 45.4 Å². The molecule has 2 atom stereocenters. The van der Waals surface area contributed by atoms with Crippen LogP contribution in [0.4, 0.5) is 8.78 Å². The number of hydrogen-bond donors (Lipinski definition) is 1. The molecule has 3 rings (SSSR count). The first-order valence-electron chi connectivity index (χ1n) is 10.2. The Balaban J connectivity index is 1.44. The van der Waals surface area contributed by atoms with Crippen molar-refractivity contribution in [2.24, 2.45) is 23.5 Å². The standard InChI is InChI=1S/C21H31F2NO3/c1-2-25-18-9-10-19(21(23)20(18)22)27-12-14-3-5-15(6-4-14)16-7-8-17(11-24)26-13-16/h9-10,14-17H,2-8,11-13,24H2,1H3. The third-order valence-electron chi connectivity index (χ3n) is 6.01. The van der Waals surface area contributed by atoms with E-state index < -0.39 is 11.6 Å². The second-order valence-corrected chi connectivity index (χ2v) is 7.74. The van der Waals surface area contributed by atoms with Gasteiger partial charge in [-0.3, -0.25) is 0 Å². The van der Waals surface area contributed by atoms with Gasteiger partial charge in [-0.2, -0.15) is 8.78 Å². The van der Waals surface area contributed by atoms with E-state index in [1.165, 1.54) is 18.6 Å². The SMILES string of the molecule is CCOc1ccc(OCC2CCC(C3CCC(CN)OC3)CC2)c(F)c1F. The highest BCUT2D eigenvalue weighted by Crippen LogP contribution is 2.38. The summed E-state index contributed by atoms with van der Waals surface area (Å²) in [4.78, 5) is 0. The van der Waals surface area contributed by atoms with Crippen LogP contribution in [-0.2, 0) is 4.74 Å². The molecule has 1 aromatic carbocycles. The lowest BCUT2D eigenvalue weighted by molar-refractivity contribution is -0.0348. The minimum atomic E-state index is -0.980. The third kappa shape index (κ3) is 5.11. The minimum Gasteiger partial charge on any atom is -0.491 e. The topological polar surface area (TPSA) is 53.7 Å². The second kappa shape index (κ2) is 9.69. The van der Waals surface area contributed by atoms with E-state index in [0.717, 1.165) is 38.7 Å². The van der Waals surface area contributed by atoms with Crippen LogP contribution in [0.5, 0.6) is 11.5 Å². The largest absolute Gasteiger partial charge is 0.491 e. The molecule has 4 nitrogen and oxygen atoms in total. The van der Waals surface area contributed by atoms with E-state index in [4.69, 9.17) is 19.9 Å². The molecule has 2 aliphatic rings. The van der Waals surface area contributed by atoms with Crippen molar-refractivity contribution in [2.45, 2.75) is 51.6 Å². The van der Waals surface area contributed by atoms with E-state index >= 15 is 0 Å². The Labute approximate surface area is 160 Å². The first-order chi connectivity index (χ1) is 13.1. The molecule has 1 saturated heterocycles. The molecule has 152 valence electrons. The molecule has 2 N–H and O–H groups in total. The summed E-state index contributed by atoms with van der Waals surface area (Å²) in [7, 11) is 0. The molecule has 1 heterocycles. The quantitative estimate of drug-likeness (QED) is 0.763. The van der Waals surface area contributed by atoms with Crippen LogP contribution in [0.15, 0.2) is 12.1 Å². The summed E-state index contributed by atoms with van der Waals surface area (Å²) in [6, 6.07) is 2.87. The van der Waals surface area contributed by atoms with Crippen LogP contribution in [0.2, 0.25) is 0 Å². The smallest absolute Gasteiger partial charge is 0.204 e. The highest BCUT2D eigenvalue weighted by molar-refractivity contribution is 5.35.